The molecule has 0 heterocycles. The highest BCUT2D eigenvalue weighted by Crippen LogP contribution is 2.20. The quantitative estimate of drug-likeness (QED) is 0.395. The Morgan fingerprint density at radius 2 is 1.93 bits per heavy atom. The predicted molar refractivity (Wildman–Crippen MR) is 63.2 cm³/mol. The second-order valence-electron chi connectivity index (χ2n) is 4.13. The highest BCUT2D eigenvalue weighted by Gasteiger charge is 2.16. The number of rotatable bonds is 6. The average molecular weight is 233 g/mol. The lowest BCUT2D eigenvalue weighted by atomic mass is 10.3. The molecular formula is C11H21O3S+. The third kappa shape index (κ3) is 6.05. The molecule has 1 rings (SSSR count). The molecule has 1 aliphatic rings. The molecule has 0 N–H and O–H groups in total. The van der Waals surface area contributed by atoms with Crippen molar-refractivity contribution in [3.8, 4) is 0 Å². The van der Waals surface area contributed by atoms with Crippen LogP contribution in [0.5, 0.6) is 0 Å². The van der Waals surface area contributed by atoms with Crippen LogP contribution in [-0.2, 0) is 25.2 Å². The van der Waals surface area contributed by atoms with Crippen molar-refractivity contribution in [3.05, 3.63) is 0 Å². The maximum absolute atomic E-state index is 11.2. The van der Waals surface area contributed by atoms with Crippen LogP contribution in [0.4, 0.5) is 0 Å². The summed E-state index contributed by atoms with van der Waals surface area (Å²) in [6.07, 6.45) is 9.38. The largest absolute Gasteiger partial charge is 0.460 e. The maximum atomic E-state index is 11.2. The van der Waals surface area contributed by atoms with Crippen molar-refractivity contribution < 1.29 is 14.3 Å². The van der Waals surface area contributed by atoms with Gasteiger partial charge in [0.2, 0.25) is 5.75 Å². The molecule has 4 heteroatoms. The first kappa shape index (κ1) is 12.8. The van der Waals surface area contributed by atoms with Crippen LogP contribution in [0, 0.1) is 0 Å². The second-order valence-corrected chi connectivity index (χ2v) is 6.39. The summed E-state index contributed by atoms with van der Waals surface area (Å²) in [5, 5.41) is 0. The molecule has 1 fully saturated rings. The summed E-state index contributed by atoms with van der Waals surface area (Å²) in [5.74, 6) is 0.432. The van der Waals surface area contributed by atoms with Crippen molar-refractivity contribution >= 4 is 16.9 Å². The standard InChI is InChI=1S/C11H21O3S/c1-15(2)9-11(12)14-8-7-13-10-5-3-4-6-10/h10H,3-9H2,1-2H3/q+1. The number of hydrogen-bond acceptors (Lipinski definition) is 3. The molecule has 15 heavy (non-hydrogen) atoms. The monoisotopic (exact) mass is 233 g/mol. The van der Waals surface area contributed by atoms with Crippen LogP contribution in [0.25, 0.3) is 0 Å². The molecule has 0 spiro atoms. The van der Waals surface area contributed by atoms with Gasteiger partial charge in [-0.1, -0.05) is 12.8 Å². The van der Waals surface area contributed by atoms with Crippen LogP contribution in [0.2, 0.25) is 0 Å². The van der Waals surface area contributed by atoms with Crippen LogP contribution in [0.15, 0.2) is 0 Å². The lowest BCUT2D eigenvalue weighted by Gasteiger charge is -2.10. The van der Waals surface area contributed by atoms with E-state index in [2.05, 4.69) is 0 Å². The van der Waals surface area contributed by atoms with E-state index in [1.54, 1.807) is 0 Å². The highest BCUT2D eigenvalue weighted by molar-refractivity contribution is 7.96. The Kier molecular flexibility index (Phi) is 6.10. The van der Waals surface area contributed by atoms with Gasteiger partial charge < -0.3 is 9.47 Å². The normalized spacial score (nSPS) is 17.3. The molecule has 0 aromatic rings. The minimum atomic E-state index is -0.0987. The van der Waals surface area contributed by atoms with E-state index in [1.165, 1.54) is 25.7 Å². The van der Waals surface area contributed by atoms with Crippen LogP contribution in [0.1, 0.15) is 25.7 Å². The van der Waals surface area contributed by atoms with Gasteiger partial charge in [0, 0.05) is 0 Å². The number of hydrogen-bond donors (Lipinski definition) is 0. The van der Waals surface area contributed by atoms with E-state index < -0.39 is 0 Å². The number of carbonyl (C=O) groups is 1. The fourth-order valence-corrected chi connectivity index (χ4v) is 2.26. The summed E-state index contributed by atoms with van der Waals surface area (Å²) in [7, 11) is 0.132. The Bertz CT molecular complexity index is 188. The van der Waals surface area contributed by atoms with Gasteiger partial charge in [-0.15, -0.1) is 0 Å². The predicted octanol–water partition coefficient (Wildman–Crippen LogP) is 1.37. The third-order valence-electron chi connectivity index (χ3n) is 2.41. The molecule has 88 valence electrons. The number of esters is 1. The van der Waals surface area contributed by atoms with Crippen molar-refractivity contribution in [2.24, 2.45) is 0 Å². The molecule has 0 saturated heterocycles. The van der Waals surface area contributed by atoms with E-state index in [0.717, 1.165) is 0 Å². The van der Waals surface area contributed by atoms with Gasteiger partial charge in [0.05, 0.1) is 25.2 Å². The fourth-order valence-electron chi connectivity index (χ4n) is 1.70. The molecule has 0 aromatic heterocycles. The van der Waals surface area contributed by atoms with Gasteiger partial charge in [-0.05, 0) is 23.7 Å². The van der Waals surface area contributed by atoms with Gasteiger partial charge in [-0.25, -0.2) is 4.79 Å². The molecule has 0 aliphatic heterocycles. The number of ether oxygens (including phenoxy) is 2. The van der Waals surface area contributed by atoms with E-state index >= 15 is 0 Å². The first-order chi connectivity index (χ1) is 7.18. The molecule has 1 aliphatic carbocycles. The average Bonchev–Trinajstić information content (AvgIpc) is 2.63. The SMILES string of the molecule is C[S+](C)CC(=O)OCCOC1CCCC1. The Morgan fingerprint density at radius 1 is 1.27 bits per heavy atom. The van der Waals surface area contributed by atoms with Gasteiger partial charge in [0.25, 0.3) is 0 Å². The van der Waals surface area contributed by atoms with Crippen molar-refractivity contribution in [1.82, 2.24) is 0 Å². The molecular weight excluding hydrogens is 212 g/mol. The van der Waals surface area contributed by atoms with Crippen LogP contribution in [-0.4, -0.2) is 43.6 Å². The van der Waals surface area contributed by atoms with Crippen molar-refractivity contribution in [2.45, 2.75) is 31.8 Å². The van der Waals surface area contributed by atoms with Gasteiger partial charge in [0.1, 0.15) is 6.61 Å². The Labute approximate surface area is 94.9 Å². The maximum Gasteiger partial charge on any atom is 0.356 e. The van der Waals surface area contributed by atoms with Gasteiger partial charge >= 0.3 is 5.97 Å². The van der Waals surface area contributed by atoms with Gasteiger partial charge in [0.15, 0.2) is 0 Å². The van der Waals surface area contributed by atoms with E-state index in [1.807, 2.05) is 12.5 Å². The molecule has 0 atom stereocenters. The van der Waals surface area contributed by atoms with Gasteiger partial charge in [-0.2, -0.15) is 0 Å². The van der Waals surface area contributed by atoms with E-state index in [4.69, 9.17) is 9.47 Å². The van der Waals surface area contributed by atoms with E-state index in [0.29, 0.717) is 25.1 Å². The lowest BCUT2D eigenvalue weighted by molar-refractivity contribution is -0.142. The summed E-state index contributed by atoms with van der Waals surface area (Å²) < 4.78 is 10.6. The van der Waals surface area contributed by atoms with Crippen molar-refractivity contribution in [1.29, 1.82) is 0 Å². The van der Waals surface area contributed by atoms with Crippen molar-refractivity contribution in [3.63, 3.8) is 0 Å². The zero-order chi connectivity index (χ0) is 11.1. The first-order valence-corrected chi connectivity index (χ1v) is 7.71. The Hall–Kier alpha value is -0.220. The Morgan fingerprint density at radius 3 is 2.53 bits per heavy atom. The summed E-state index contributed by atoms with van der Waals surface area (Å²) in [6.45, 7) is 0.962. The molecule has 0 aromatic carbocycles. The molecule has 0 bridgehead atoms. The topological polar surface area (TPSA) is 35.5 Å². The lowest BCUT2D eigenvalue weighted by Crippen LogP contribution is -2.20. The van der Waals surface area contributed by atoms with E-state index in [9.17, 15) is 4.79 Å². The summed E-state index contributed by atoms with van der Waals surface area (Å²) in [6, 6.07) is 0. The van der Waals surface area contributed by atoms with Gasteiger partial charge in [-0.3, -0.25) is 0 Å². The first-order valence-electron chi connectivity index (χ1n) is 5.50. The van der Waals surface area contributed by atoms with Crippen LogP contribution < -0.4 is 0 Å². The number of carbonyl (C=O) groups excluding carboxylic acids is 1. The fraction of sp³-hybridized carbons (Fsp3) is 0.909. The second kappa shape index (κ2) is 7.12. The Balaban J connectivity index is 1.94. The molecule has 1 saturated carbocycles. The zero-order valence-corrected chi connectivity index (χ0v) is 10.5. The molecule has 3 nitrogen and oxygen atoms in total. The van der Waals surface area contributed by atoms with Crippen LogP contribution in [0.3, 0.4) is 0 Å². The summed E-state index contributed by atoms with van der Waals surface area (Å²) in [5.41, 5.74) is 0. The zero-order valence-electron chi connectivity index (χ0n) is 9.66. The summed E-state index contributed by atoms with van der Waals surface area (Å²) in [4.78, 5) is 11.2. The van der Waals surface area contributed by atoms with Crippen LogP contribution >= 0.6 is 0 Å². The highest BCUT2D eigenvalue weighted by atomic mass is 32.2. The van der Waals surface area contributed by atoms with E-state index in [-0.39, 0.29) is 16.9 Å². The minimum absolute atomic E-state index is 0.0987. The molecule has 0 unspecified atom stereocenters. The molecule has 0 amide bonds. The third-order valence-corrected chi connectivity index (χ3v) is 3.22. The summed E-state index contributed by atoms with van der Waals surface area (Å²) >= 11 is 0. The molecule has 0 radical (unpaired) electrons. The smallest absolute Gasteiger partial charge is 0.356 e. The minimum Gasteiger partial charge on any atom is -0.460 e. The van der Waals surface area contributed by atoms with Crippen molar-refractivity contribution in [2.75, 3.05) is 31.5 Å².